The Bertz CT molecular complexity index is 1010. The van der Waals surface area contributed by atoms with Gasteiger partial charge in [-0.25, -0.2) is 4.39 Å². The Morgan fingerprint density at radius 2 is 2.07 bits per heavy atom. The van der Waals surface area contributed by atoms with Crippen LogP contribution in [0.2, 0.25) is 0 Å². The maximum atomic E-state index is 13.5. The van der Waals surface area contributed by atoms with Gasteiger partial charge in [0.25, 0.3) is 10.9 Å². The molecule has 2 aromatic carbocycles. The molecule has 27 heavy (non-hydrogen) atoms. The van der Waals surface area contributed by atoms with Gasteiger partial charge in [-0.05, 0) is 25.1 Å². The highest BCUT2D eigenvalue weighted by molar-refractivity contribution is 7.99. The fourth-order valence-corrected chi connectivity index (χ4v) is 2.76. The molecule has 3 rings (SSSR count). The van der Waals surface area contributed by atoms with Crippen molar-refractivity contribution in [2.75, 3.05) is 11.1 Å². The van der Waals surface area contributed by atoms with Crippen molar-refractivity contribution in [3.63, 3.8) is 0 Å². The van der Waals surface area contributed by atoms with Crippen LogP contribution in [0, 0.1) is 22.9 Å². The molecule has 1 aromatic heterocycles. The van der Waals surface area contributed by atoms with Gasteiger partial charge in [0.15, 0.2) is 0 Å². The molecule has 0 aliphatic heterocycles. The minimum atomic E-state index is -0.520. The Labute approximate surface area is 156 Å². The van der Waals surface area contributed by atoms with Crippen LogP contribution < -0.4 is 5.32 Å². The van der Waals surface area contributed by atoms with E-state index in [-0.39, 0.29) is 28.5 Å². The second kappa shape index (κ2) is 7.96. The van der Waals surface area contributed by atoms with Crippen LogP contribution in [0.5, 0.6) is 0 Å². The van der Waals surface area contributed by atoms with E-state index in [0.717, 1.165) is 11.8 Å². The number of aromatic nitrogens is 2. The molecular formula is C17H13FN4O4S. The number of rotatable bonds is 6. The Hall–Kier alpha value is -3.27. The summed E-state index contributed by atoms with van der Waals surface area (Å²) in [6.07, 6.45) is 0. The monoisotopic (exact) mass is 388 g/mol. The third kappa shape index (κ3) is 4.47. The number of carbonyl (C=O) groups excluding carboxylic acids is 1. The average molecular weight is 388 g/mol. The molecule has 0 bridgehead atoms. The number of anilines is 1. The smallest absolute Gasteiger partial charge is 0.277 e. The van der Waals surface area contributed by atoms with E-state index in [1.54, 1.807) is 19.1 Å². The van der Waals surface area contributed by atoms with Crippen molar-refractivity contribution >= 4 is 29.0 Å². The predicted octanol–water partition coefficient (Wildman–Crippen LogP) is 3.82. The second-order valence-corrected chi connectivity index (χ2v) is 6.36. The summed E-state index contributed by atoms with van der Waals surface area (Å²) in [6, 6.07) is 10.2. The third-order valence-electron chi connectivity index (χ3n) is 3.58. The first kappa shape index (κ1) is 18.5. The molecule has 1 amide bonds. The predicted molar refractivity (Wildman–Crippen MR) is 96.9 cm³/mol. The molecule has 0 atom stereocenters. The van der Waals surface area contributed by atoms with E-state index in [4.69, 9.17) is 4.42 Å². The van der Waals surface area contributed by atoms with Crippen LogP contribution in [0.4, 0.5) is 15.8 Å². The van der Waals surface area contributed by atoms with Gasteiger partial charge in [0.1, 0.15) is 5.82 Å². The molecule has 8 nitrogen and oxygen atoms in total. The van der Waals surface area contributed by atoms with Crippen molar-refractivity contribution in [2.45, 2.75) is 12.1 Å². The van der Waals surface area contributed by atoms with E-state index in [0.29, 0.717) is 16.8 Å². The lowest BCUT2D eigenvalue weighted by atomic mass is 10.2. The zero-order valence-corrected chi connectivity index (χ0v) is 14.8. The number of nitrogens with zero attached hydrogens (tertiary/aromatic N) is 3. The van der Waals surface area contributed by atoms with E-state index < -0.39 is 10.7 Å². The van der Waals surface area contributed by atoms with Crippen LogP contribution in [0.3, 0.4) is 0 Å². The van der Waals surface area contributed by atoms with Crippen LogP contribution >= 0.6 is 11.8 Å². The van der Waals surface area contributed by atoms with Crippen molar-refractivity contribution in [3.05, 3.63) is 64.0 Å². The molecule has 1 heterocycles. The van der Waals surface area contributed by atoms with Crippen molar-refractivity contribution in [2.24, 2.45) is 0 Å². The summed E-state index contributed by atoms with van der Waals surface area (Å²) in [4.78, 5) is 22.3. The number of thioether (sulfide) groups is 1. The quantitative estimate of drug-likeness (QED) is 0.388. The maximum absolute atomic E-state index is 13.5. The number of non-ortho nitro benzene ring substituents is 1. The Balaban J connectivity index is 1.63. The summed E-state index contributed by atoms with van der Waals surface area (Å²) in [5.74, 6) is -0.669. The van der Waals surface area contributed by atoms with Crippen LogP contribution in [0.25, 0.3) is 11.5 Å². The molecule has 3 aromatic rings. The van der Waals surface area contributed by atoms with Crippen molar-refractivity contribution in [1.82, 2.24) is 10.2 Å². The molecule has 0 fully saturated rings. The average Bonchev–Trinajstić information content (AvgIpc) is 3.13. The van der Waals surface area contributed by atoms with Gasteiger partial charge in [0.2, 0.25) is 11.8 Å². The topological polar surface area (TPSA) is 111 Å². The lowest BCUT2D eigenvalue weighted by Crippen LogP contribution is -2.15. The number of nitro benzene ring substituents is 1. The van der Waals surface area contributed by atoms with E-state index in [1.807, 2.05) is 0 Å². The zero-order chi connectivity index (χ0) is 19.4. The normalized spacial score (nSPS) is 10.6. The molecular weight excluding hydrogens is 375 g/mol. The van der Waals surface area contributed by atoms with Gasteiger partial charge in [-0.15, -0.1) is 10.2 Å². The molecule has 138 valence electrons. The Morgan fingerprint density at radius 1 is 1.30 bits per heavy atom. The fraction of sp³-hybridized carbons (Fsp3) is 0.118. The van der Waals surface area contributed by atoms with Crippen LogP contribution in [0.15, 0.2) is 52.1 Å². The second-order valence-electron chi connectivity index (χ2n) is 5.43. The van der Waals surface area contributed by atoms with Crippen molar-refractivity contribution in [1.29, 1.82) is 0 Å². The number of hydrogen-bond acceptors (Lipinski definition) is 7. The molecule has 1 N–H and O–H groups in total. The number of benzene rings is 2. The number of halogens is 1. The van der Waals surface area contributed by atoms with E-state index in [1.165, 1.54) is 30.3 Å². The lowest BCUT2D eigenvalue weighted by Gasteiger charge is -2.07. The van der Waals surface area contributed by atoms with Crippen LogP contribution in [-0.2, 0) is 4.79 Å². The van der Waals surface area contributed by atoms with Gasteiger partial charge in [-0.1, -0.05) is 23.9 Å². The van der Waals surface area contributed by atoms with Gasteiger partial charge in [0.05, 0.1) is 10.7 Å². The first-order chi connectivity index (χ1) is 12.9. The fourth-order valence-electron chi connectivity index (χ4n) is 2.19. The highest BCUT2D eigenvalue weighted by Crippen LogP contribution is 2.26. The molecule has 0 aliphatic rings. The van der Waals surface area contributed by atoms with Crippen molar-refractivity contribution in [3.8, 4) is 11.5 Å². The van der Waals surface area contributed by atoms with Gasteiger partial charge < -0.3 is 9.73 Å². The molecule has 0 aliphatic carbocycles. The highest BCUT2D eigenvalue weighted by Gasteiger charge is 2.14. The standard InChI is InChI=1S/C17H13FN4O4S/c1-10-13(18)6-3-7-14(10)19-15(23)9-27-17-21-20-16(26-17)11-4-2-5-12(8-11)22(24)25/h2-8H,9H2,1H3,(H,19,23). The number of hydrogen-bond donors (Lipinski definition) is 1. The summed E-state index contributed by atoms with van der Waals surface area (Å²) in [6.45, 7) is 1.57. The molecule has 0 saturated carbocycles. The SMILES string of the molecule is Cc1c(F)cccc1NC(=O)CSc1nnc(-c2cccc([N+](=O)[O-])c2)o1. The molecule has 0 radical (unpaired) electrons. The number of nitro groups is 1. The molecule has 0 saturated heterocycles. The Morgan fingerprint density at radius 3 is 2.85 bits per heavy atom. The van der Waals surface area contributed by atoms with E-state index >= 15 is 0 Å². The van der Waals surface area contributed by atoms with Gasteiger partial charge >= 0.3 is 0 Å². The summed E-state index contributed by atoms with van der Waals surface area (Å²) in [5.41, 5.74) is 1.05. The maximum Gasteiger partial charge on any atom is 0.277 e. The molecule has 10 heteroatoms. The summed E-state index contributed by atoms with van der Waals surface area (Å²) < 4.78 is 18.9. The first-order valence-corrected chi connectivity index (χ1v) is 8.68. The Kier molecular flexibility index (Phi) is 5.46. The zero-order valence-electron chi connectivity index (χ0n) is 14.0. The summed E-state index contributed by atoms with van der Waals surface area (Å²) in [7, 11) is 0. The number of nitrogens with one attached hydrogen (secondary N) is 1. The summed E-state index contributed by atoms with van der Waals surface area (Å²) >= 11 is 1.00. The minimum absolute atomic E-state index is 0.0213. The molecule has 0 spiro atoms. The largest absolute Gasteiger partial charge is 0.411 e. The summed E-state index contributed by atoms with van der Waals surface area (Å²) in [5, 5.41) is 21.2. The van der Waals surface area contributed by atoms with Crippen LogP contribution in [-0.4, -0.2) is 26.8 Å². The van der Waals surface area contributed by atoms with Gasteiger partial charge in [-0.3, -0.25) is 14.9 Å². The van der Waals surface area contributed by atoms with Crippen molar-refractivity contribution < 1.29 is 18.5 Å². The molecule has 0 unspecified atom stereocenters. The highest BCUT2D eigenvalue weighted by atomic mass is 32.2. The van der Waals surface area contributed by atoms with E-state index in [9.17, 15) is 19.3 Å². The van der Waals surface area contributed by atoms with E-state index in [2.05, 4.69) is 15.5 Å². The number of amides is 1. The lowest BCUT2D eigenvalue weighted by molar-refractivity contribution is -0.384. The van der Waals surface area contributed by atoms with Gasteiger partial charge in [-0.2, -0.15) is 0 Å². The van der Waals surface area contributed by atoms with Crippen LogP contribution in [0.1, 0.15) is 5.56 Å². The first-order valence-electron chi connectivity index (χ1n) is 7.70. The third-order valence-corrected chi connectivity index (χ3v) is 4.40. The van der Waals surface area contributed by atoms with Gasteiger partial charge in [0, 0.05) is 28.9 Å². The number of carbonyl (C=O) groups is 1. The minimum Gasteiger partial charge on any atom is -0.411 e.